The van der Waals surface area contributed by atoms with Crippen molar-refractivity contribution in [1.82, 2.24) is 0 Å². The first kappa shape index (κ1) is 29.8. The van der Waals surface area contributed by atoms with E-state index in [9.17, 15) is 19.2 Å². The second-order valence-corrected chi connectivity index (χ2v) is 7.31. The molecule has 0 radical (unpaired) electrons. The zero-order chi connectivity index (χ0) is 26.1. The molecule has 10 heteroatoms. The summed E-state index contributed by atoms with van der Waals surface area (Å²) in [6, 6.07) is 3.83. The molecule has 0 spiro atoms. The molecule has 0 aliphatic heterocycles. The third kappa shape index (κ3) is 11.6. The largest absolute Gasteiger partial charge is 0.460 e. The van der Waals surface area contributed by atoms with Gasteiger partial charge < -0.3 is 28.4 Å². The van der Waals surface area contributed by atoms with Crippen molar-refractivity contribution >= 4 is 23.9 Å². The Labute approximate surface area is 205 Å². The van der Waals surface area contributed by atoms with Crippen LogP contribution in [0.1, 0.15) is 64.7 Å². The Hall–Kier alpha value is -3.24. The van der Waals surface area contributed by atoms with Crippen molar-refractivity contribution in [2.24, 2.45) is 0 Å². The smallest absolute Gasteiger partial charge is 0.339 e. The standard InChI is InChI=1S/C25H34O10/c1-5-9-30-11-13-33-23(27)19-7-8-20(24(28)35-16-15-32-22(26)18(3)4)21(17-19)25(29)34-14-12-31-10-6-2/h7-8,17H,3,5-6,9-16H2,1-2,4H3. The maximum absolute atomic E-state index is 12.7. The average Bonchev–Trinajstić information content (AvgIpc) is 2.85. The molecule has 0 aromatic heterocycles. The minimum Gasteiger partial charge on any atom is -0.460 e. The van der Waals surface area contributed by atoms with Gasteiger partial charge in [0.1, 0.15) is 26.4 Å². The van der Waals surface area contributed by atoms with Gasteiger partial charge in [-0.2, -0.15) is 0 Å². The van der Waals surface area contributed by atoms with Gasteiger partial charge in [0.05, 0.1) is 29.9 Å². The summed E-state index contributed by atoms with van der Waals surface area (Å²) in [7, 11) is 0. The average molecular weight is 495 g/mol. The third-order valence-corrected chi connectivity index (χ3v) is 4.21. The fourth-order valence-electron chi connectivity index (χ4n) is 2.53. The lowest BCUT2D eigenvalue weighted by molar-refractivity contribution is -0.140. The van der Waals surface area contributed by atoms with Gasteiger partial charge in [-0.3, -0.25) is 0 Å². The molecule has 0 fully saturated rings. The Kier molecular flexibility index (Phi) is 14.7. The second-order valence-electron chi connectivity index (χ2n) is 7.31. The molecule has 0 bridgehead atoms. The van der Waals surface area contributed by atoms with Crippen LogP contribution >= 0.6 is 0 Å². The van der Waals surface area contributed by atoms with Gasteiger partial charge in [-0.05, 0) is 38.0 Å². The number of ether oxygens (including phenoxy) is 6. The highest BCUT2D eigenvalue weighted by molar-refractivity contribution is 6.05. The van der Waals surface area contributed by atoms with Crippen LogP contribution in [0.15, 0.2) is 30.4 Å². The minimum atomic E-state index is -0.849. The van der Waals surface area contributed by atoms with E-state index in [4.69, 9.17) is 28.4 Å². The molecule has 0 saturated heterocycles. The molecule has 0 amide bonds. The van der Waals surface area contributed by atoms with Gasteiger partial charge in [0.15, 0.2) is 0 Å². The van der Waals surface area contributed by atoms with Crippen molar-refractivity contribution in [1.29, 1.82) is 0 Å². The fraction of sp³-hybridized carbons (Fsp3) is 0.520. The quantitative estimate of drug-likeness (QED) is 0.138. The molecule has 0 atom stereocenters. The number of benzene rings is 1. The van der Waals surface area contributed by atoms with Gasteiger partial charge in [-0.1, -0.05) is 20.4 Å². The molecule has 0 aliphatic rings. The number of carbonyl (C=O) groups is 4. The maximum atomic E-state index is 12.7. The molecule has 10 nitrogen and oxygen atoms in total. The normalized spacial score (nSPS) is 10.4. The molecule has 194 valence electrons. The van der Waals surface area contributed by atoms with E-state index < -0.39 is 23.9 Å². The van der Waals surface area contributed by atoms with Gasteiger partial charge in [0.2, 0.25) is 0 Å². The van der Waals surface area contributed by atoms with Crippen LogP contribution in [0.25, 0.3) is 0 Å². The van der Waals surface area contributed by atoms with E-state index in [2.05, 4.69) is 6.58 Å². The van der Waals surface area contributed by atoms with E-state index in [0.29, 0.717) is 13.2 Å². The Morgan fingerprint density at radius 1 is 0.657 bits per heavy atom. The molecular formula is C25H34O10. The van der Waals surface area contributed by atoms with Crippen molar-refractivity contribution in [3.8, 4) is 0 Å². The summed E-state index contributed by atoms with van der Waals surface area (Å²) in [6.07, 6.45) is 1.66. The molecule has 0 aliphatic carbocycles. The van der Waals surface area contributed by atoms with Gasteiger partial charge in [0.25, 0.3) is 0 Å². The van der Waals surface area contributed by atoms with E-state index in [1.165, 1.54) is 25.1 Å². The predicted molar refractivity (Wildman–Crippen MR) is 125 cm³/mol. The van der Waals surface area contributed by atoms with Gasteiger partial charge in [-0.15, -0.1) is 0 Å². The first-order valence-electron chi connectivity index (χ1n) is 11.4. The second kappa shape index (κ2) is 17.2. The lowest BCUT2D eigenvalue weighted by Gasteiger charge is -2.12. The SMILES string of the molecule is C=C(C)C(=O)OCCOC(=O)c1ccc(C(=O)OCCOCCC)cc1C(=O)OCCOCCC. The monoisotopic (exact) mass is 494 g/mol. The molecule has 0 unspecified atom stereocenters. The summed E-state index contributed by atoms with van der Waals surface area (Å²) in [5.41, 5.74) is -0.00933. The number of esters is 4. The first-order valence-corrected chi connectivity index (χ1v) is 11.4. The summed E-state index contributed by atoms with van der Waals surface area (Å²) >= 11 is 0. The van der Waals surface area contributed by atoms with E-state index in [0.717, 1.165) is 12.8 Å². The summed E-state index contributed by atoms with van der Waals surface area (Å²) in [6.45, 7) is 9.95. The zero-order valence-corrected chi connectivity index (χ0v) is 20.6. The lowest BCUT2D eigenvalue weighted by Crippen LogP contribution is -2.19. The lowest BCUT2D eigenvalue weighted by atomic mass is 10.0. The van der Waals surface area contributed by atoms with Crippen LogP contribution in [-0.2, 0) is 33.2 Å². The highest BCUT2D eigenvalue weighted by atomic mass is 16.6. The molecule has 0 N–H and O–H groups in total. The van der Waals surface area contributed by atoms with Crippen LogP contribution in [0, 0.1) is 0 Å². The summed E-state index contributed by atoms with van der Waals surface area (Å²) in [4.78, 5) is 49.0. The molecular weight excluding hydrogens is 460 g/mol. The first-order chi connectivity index (χ1) is 16.8. The van der Waals surface area contributed by atoms with Crippen molar-refractivity contribution in [3.63, 3.8) is 0 Å². The number of carbonyl (C=O) groups excluding carboxylic acids is 4. The Balaban J connectivity index is 2.88. The van der Waals surface area contributed by atoms with E-state index in [-0.39, 0.29) is 61.9 Å². The Bertz CT molecular complexity index is 862. The highest BCUT2D eigenvalue weighted by Gasteiger charge is 2.22. The molecule has 35 heavy (non-hydrogen) atoms. The molecule has 1 aromatic rings. The van der Waals surface area contributed by atoms with Crippen molar-refractivity contribution in [2.45, 2.75) is 33.6 Å². The van der Waals surface area contributed by atoms with Crippen LogP contribution in [-0.4, -0.2) is 76.7 Å². The third-order valence-electron chi connectivity index (χ3n) is 4.21. The van der Waals surface area contributed by atoms with Crippen LogP contribution in [0.4, 0.5) is 0 Å². The van der Waals surface area contributed by atoms with Crippen molar-refractivity contribution in [2.75, 3.05) is 52.9 Å². The molecule has 0 saturated carbocycles. The summed E-state index contributed by atoms with van der Waals surface area (Å²) in [5, 5.41) is 0. The Morgan fingerprint density at radius 2 is 1.14 bits per heavy atom. The molecule has 1 rings (SSSR count). The fourth-order valence-corrected chi connectivity index (χ4v) is 2.53. The van der Waals surface area contributed by atoms with Gasteiger partial charge in [0, 0.05) is 18.8 Å². The van der Waals surface area contributed by atoms with Crippen LogP contribution in [0.5, 0.6) is 0 Å². The predicted octanol–water partition coefficient (Wildman–Crippen LogP) is 3.13. The van der Waals surface area contributed by atoms with Crippen LogP contribution in [0.3, 0.4) is 0 Å². The van der Waals surface area contributed by atoms with Gasteiger partial charge in [-0.25, -0.2) is 19.2 Å². The highest BCUT2D eigenvalue weighted by Crippen LogP contribution is 2.16. The van der Waals surface area contributed by atoms with Crippen molar-refractivity contribution < 1.29 is 47.6 Å². The Morgan fingerprint density at radius 3 is 1.69 bits per heavy atom. The maximum Gasteiger partial charge on any atom is 0.339 e. The number of hydrogen-bond acceptors (Lipinski definition) is 10. The number of rotatable bonds is 17. The van der Waals surface area contributed by atoms with E-state index in [1.54, 1.807) is 0 Å². The number of hydrogen-bond donors (Lipinski definition) is 0. The minimum absolute atomic E-state index is 0.0341. The molecule has 0 heterocycles. The zero-order valence-electron chi connectivity index (χ0n) is 20.6. The van der Waals surface area contributed by atoms with E-state index in [1.807, 2.05) is 13.8 Å². The molecule has 1 aromatic carbocycles. The summed E-state index contributed by atoms with van der Waals surface area (Å²) < 4.78 is 30.9. The van der Waals surface area contributed by atoms with Crippen LogP contribution in [0.2, 0.25) is 0 Å². The van der Waals surface area contributed by atoms with E-state index >= 15 is 0 Å². The van der Waals surface area contributed by atoms with Crippen LogP contribution < -0.4 is 0 Å². The van der Waals surface area contributed by atoms with Gasteiger partial charge >= 0.3 is 23.9 Å². The topological polar surface area (TPSA) is 124 Å². The summed E-state index contributed by atoms with van der Waals surface area (Å²) in [5.74, 6) is -2.97. The van der Waals surface area contributed by atoms with Crippen molar-refractivity contribution in [3.05, 3.63) is 47.0 Å².